The van der Waals surface area contributed by atoms with Crippen LogP contribution in [0.4, 0.5) is 5.69 Å². The van der Waals surface area contributed by atoms with Gasteiger partial charge < -0.3 is 9.88 Å². The average molecular weight is 415 g/mol. The second kappa shape index (κ2) is 7.12. The fourth-order valence-electron chi connectivity index (χ4n) is 3.18. The number of aromatic amines is 1. The molecular weight excluding hydrogens is 394 g/mol. The number of benzene rings is 1. The smallest absolute Gasteiger partial charge is 0.252 e. The molecule has 3 aromatic rings. The van der Waals surface area contributed by atoms with Crippen molar-refractivity contribution >= 4 is 32.5 Å². The molecule has 152 valence electrons. The van der Waals surface area contributed by atoms with Gasteiger partial charge in [0.05, 0.1) is 18.3 Å². The van der Waals surface area contributed by atoms with Crippen molar-refractivity contribution in [1.29, 1.82) is 0 Å². The largest absolute Gasteiger partial charge is 0.325 e. The van der Waals surface area contributed by atoms with E-state index in [0.717, 1.165) is 28.1 Å². The summed E-state index contributed by atoms with van der Waals surface area (Å²) in [7, 11) is -0.981. The van der Waals surface area contributed by atoms with Gasteiger partial charge in [0.25, 0.3) is 5.56 Å². The molecule has 29 heavy (non-hydrogen) atoms. The number of H-pyrrole nitrogens is 1. The van der Waals surface area contributed by atoms with E-state index in [1.165, 1.54) is 23.9 Å². The summed E-state index contributed by atoms with van der Waals surface area (Å²) in [6.07, 6.45) is 5.20. The fourth-order valence-corrected chi connectivity index (χ4v) is 4.51. The first-order chi connectivity index (χ1) is 13.8. The van der Waals surface area contributed by atoms with Crippen molar-refractivity contribution in [3.63, 3.8) is 0 Å². The van der Waals surface area contributed by atoms with Crippen LogP contribution in [0.15, 0.2) is 46.3 Å². The number of carbonyl (C=O) groups excluding carboxylic acids is 1. The second-order valence-corrected chi connectivity index (χ2v) is 9.31. The molecule has 1 aromatic carbocycles. The fraction of sp³-hybridized carbons (Fsp3) is 0.316. The third kappa shape index (κ3) is 3.81. The van der Waals surface area contributed by atoms with Crippen LogP contribution in [0.5, 0.6) is 0 Å². The zero-order valence-corrected chi connectivity index (χ0v) is 16.9. The molecule has 0 unspecified atom stereocenters. The molecule has 0 saturated heterocycles. The molecule has 0 spiro atoms. The van der Waals surface area contributed by atoms with E-state index in [1.54, 1.807) is 25.4 Å². The number of sulfonamides is 1. The minimum atomic E-state index is -3.93. The van der Waals surface area contributed by atoms with Crippen LogP contribution in [-0.4, -0.2) is 47.0 Å². The van der Waals surface area contributed by atoms with E-state index in [2.05, 4.69) is 15.5 Å². The quantitative estimate of drug-likeness (QED) is 0.631. The van der Waals surface area contributed by atoms with Gasteiger partial charge in [-0.05, 0) is 42.5 Å². The maximum absolute atomic E-state index is 13.2. The molecule has 0 radical (unpaired) electrons. The van der Waals surface area contributed by atoms with Crippen molar-refractivity contribution in [1.82, 2.24) is 19.1 Å². The van der Waals surface area contributed by atoms with Crippen LogP contribution < -0.4 is 10.9 Å². The van der Waals surface area contributed by atoms with Gasteiger partial charge in [0.15, 0.2) is 0 Å². The number of carbonyl (C=O) groups is 1. The van der Waals surface area contributed by atoms with Crippen molar-refractivity contribution in [2.75, 3.05) is 18.9 Å². The van der Waals surface area contributed by atoms with Crippen LogP contribution in [0.3, 0.4) is 0 Å². The normalized spacial score (nSPS) is 14.4. The van der Waals surface area contributed by atoms with E-state index in [4.69, 9.17) is 0 Å². The first kappa shape index (κ1) is 19.3. The topological polar surface area (TPSA) is 117 Å². The zero-order chi connectivity index (χ0) is 20.8. The van der Waals surface area contributed by atoms with Crippen molar-refractivity contribution in [3.05, 3.63) is 52.6 Å². The van der Waals surface area contributed by atoms with E-state index in [9.17, 15) is 18.0 Å². The first-order valence-electron chi connectivity index (χ1n) is 9.15. The lowest BCUT2D eigenvalue weighted by Crippen LogP contribution is -2.35. The molecule has 0 aliphatic heterocycles. The number of amides is 1. The number of aryl methyl sites for hydroxylation is 1. The number of likely N-dealkylation sites (N-methyl/N-ethyl adjacent to an activating group) is 1. The predicted octanol–water partition coefficient (Wildman–Crippen LogP) is 1.40. The number of anilines is 1. The summed E-state index contributed by atoms with van der Waals surface area (Å²) in [5.41, 5.74) is 1.43. The predicted molar refractivity (Wildman–Crippen MR) is 108 cm³/mol. The highest BCUT2D eigenvalue weighted by Crippen LogP contribution is 2.42. The Labute approximate surface area is 167 Å². The van der Waals surface area contributed by atoms with Crippen molar-refractivity contribution in [3.8, 4) is 0 Å². The summed E-state index contributed by atoms with van der Waals surface area (Å²) in [5, 5.41) is 10.0. The molecule has 1 amide bonds. The van der Waals surface area contributed by atoms with Crippen molar-refractivity contribution in [2.24, 2.45) is 7.05 Å². The lowest BCUT2D eigenvalue weighted by molar-refractivity contribution is -0.116. The average Bonchev–Trinajstić information content (AvgIpc) is 3.41. The number of rotatable bonds is 6. The van der Waals surface area contributed by atoms with Gasteiger partial charge in [-0.2, -0.15) is 9.40 Å². The Bertz CT molecular complexity index is 1260. The van der Waals surface area contributed by atoms with Crippen LogP contribution in [0.2, 0.25) is 0 Å². The number of pyridine rings is 1. The van der Waals surface area contributed by atoms with E-state index < -0.39 is 15.9 Å². The van der Waals surface area contributed by atoms with Crippen LogP contribution in [0, 0.1) is 0 Å². The number of hydrogen-bond acceptors (Lipinski definition) is 5. The highest BCUT2D eigenvalue weighted by atomic mass is 32.2. The molecule has 2 heterocycles. The number of aromatic nitrogens is 3. The molecule has 2 N–H and O–H groups in total. The van der Waals surface area contributed by atoms with Gasteiger partial charge in [-0.25, -0.2) is 8.42 Å². The monoisotopic (exact) mass is 415 g/mol. The maximum Gasteiger partial charge on any atom is 0.252 e. The van der Waals surface area contributed by atoms with Gasteiger partial charge in [0.1, 0.15) is 4.90 Å². The summed E-state index contributed by atoms with van der Waals surface area (Å²) >= 11 is 0. The molecule has 2 aromatic heterocycles. The lowest BCUT2D eigenvalue weighted by Gasteiger charge is -2.18. The van der Waals surface area contributed by atoms with Crippen molar-refractivity contribution in [2.45, 2.75) is 23.7 Å². The Hall–Kier alpha value is -2.98. The third-order valence-corrected chi connectivity index (χ3v) is 6.85. The highest BCUT2D eigenvalue weighted by Gasteiger charge is 2.30. The Balaban J connectivity index is 1.57. The summed E-state index contributed by atoms with van der Waals surface area (Å²) in [6, 6.07) is 6.47. The van der Waals surface area contributed by atoms with Gasteiger partial charge in [0.2, 0.25) is 15.9 Å². The third-order valence-electron chi connectivity index (χ3n) is 5.03. The molecule has 4 rings (SSSR count). The van der Waals surface area contributed by atoms with Gasteiger partial charge in [-0.15, -0.1) is 0 Å². The summed E-state index contributed by atoms with van der Waals surface area (Å²) in [6.45, 7) is -0.388. The Kier molecular flexibility index (Phi) is 4.75. The first-order valence-corrected chi connectivity index (χ1v) is 10.6. The molecule has 1 aliphatic carbocycles. The van der Waals surface area contributed by atoms with Gasteiger partial charge in [0, 0.05) is 37.4 Å². The number of fused-ring (bicyclic) bond motifs is 1. The standard InChI is InChI=1S/C19H21N5O4S/c1-23-6-5-15(9-18(23)26)21-17(25)11-24(2)29(27,28)16-8-13(12-3-4-12)7-14-10-20-22-19(14)16/h5-10,12H,3-4,11H2,1-2H3,(H,20,22)(H,21,25). The van der Waals surface area contributed by atoms with E-state index in [0.29, 0.717) is 17.1 Å². The second-order valence-electron chi connectivity index (χ2n) is 7.30. The van der Waals surface area contributed by atoms with E-state index in [-0.39, 0.29) is 17.0 Å². The van der Waals surface area contributed by atoms with Crippen LogP contribution >= 0.6 is 0 Å². The SMILES string of the molecule is CN(CC(=O)Nc1ccn(C)c(=O)c1)S(=O)(=O)c1cc(C2CC2)cc2cn[nH]c12. The molecule has 1 saturated carbocycles. The molecule has 0 atom stereocenters. The molecule has 9 nitrogen and oxygen atoms in total. The number of nitrogens with zero attached hydrogens (tertiary/aromatic N) is 3. The Morgan fingerprint density at radius 1 is 1.34 bits per heavy atom. The van der Waals surface area contributed by atoms with Gasteiger partial charge >= 0.3 is 0 Å². The highest BCUT2D eigenvalue weighted by molar-refractivity contribution is 7.89. The minimum Gasteiger partial charge on any atom is -0.325 e. The Morgan fingerprint density at radius 3 is 2.79 bits per heavy atom. The maximum atomic E-state index is 13.2. The van der Waals surface area contributed by atoms with Crippen LogP contribution in [0.25, 0.3) is 10.9 Å². The molecule has 1 fully saturated rings. The van der Waals surface area contributed by atoms with Crippen molar-refractivity contribution < 1.29 is 13.2 Å². The summed E-state index contributed by atoms with van der Waals surface area (Å²) in [5.74, 6) is -0.166. The van der Waals surface area contributed by atoms with E-state index >= 15 is 0 Å². The van der Waals surface area contributed by atoms with Crippen LogP contribution in [0.1, 0.15) is 24.3 Å². The van der Waals surface area contributed by atoms with Gasteiger partial charge in [-0.1, -0.05) is 0 Å². The zero-order valence-electron chi connectivity index (χ0n) is 16.0. The number of hydrogen-bond donors (Lipinski definition) is 2. The summed E-state index contributed by atoms with van der Waals surface area (Å²) < 4.78 is 28.7. The molecular formula is C19H21N5O4S. The summed E-state index contributed by atoms with van der Waals surface area (Å²) in [4.78, 5) is 24.1. The molecule has 10 heteroatoms. The lowest BCUT2D eigenvalue weighted by atomic mass is 10.1. The number of nitrogens with one attached hydrogen (secondary N) is 2. The van der Waals surface area contributed by atoms with Crippen LogP contribution in [-0.2, 0) is 21.9 Å². The Morgan fingerprint density at radius 2 is 2.10 bits per heavy atom. The van der Waals surface area contributed by atoms with E-state index in [1.807, 2.05) is 6.07 Å². The molecule has 1 aliphatic rings. The minimum absolute atomic E-state index is 0.110. The molecule has 0 bridgehead atoms. The van der Waals surface area contributed by atoms with Gasteiger partial charge in [-0.3, -0.25) is 14.7 Å².